The Morgan fingerprint density at radius 3 is 1.89 bits per heavy atom. The highest BCUT2D eigenvalue weighted by atomic mass is 16.4. The summed E-state index contributed by atoms with van der Waals surface area (Å²) in [6, 6.07) is -1.22. The van der Waals surface area contributed by atoms with Gasteiger partial charge in [-0.3, -0.25) is 10.1 Å². The molecule has 0 aliphatic carbocycles. The summed E-state index contributed by atoms with van der Waals surface area (Å²) in [5.41, 5.74) is 4.37. The van der Waals surface area contributed by atoms with Crippen molar-refractivity contribution in [2.24, 2.45) is 5.73 Å². The van der Waals surface area contributed by atoms with Gasteiger partial charge in [0.1, 0.15) is 5.97 Å². The Labute approximate surface area is 49.6 Å². The summed E-state index contributed by atoms with van der Waals surface area (Å²) >= 11 is 0. The largest absolute Gasteiger partial charge is 0.540 e. The zero-order valence-corrected chi connectivity index (χ0v) is 4.21. The third kappa shape index (κ3) is 3.03. The lowest BCUT2D eigenvalue weighted by atomic mass is 10.6. The number of primary amides is 1. The van der Waals surface area contributed by atoms with Crippen molar-refractivity contribution in [2.45, 2.75) is 0 Å². The fourth-order valence-corrected chi connectivity index (χ4v) is 0.163. The number of urea groups is 1. The average molecular weight is 131 g/mol. The smallest absolute Gasteiger partial charge is 0.319 e. The van der Waals surface area contributed by atoms with E-state index in [1.165, 1.54) is 5.32 Å². The van der Waals surface area contributed by atoms with Crippen LogP contribution in [0.5, 0.6) is 0 Å². The maximum atomic E-state index is 9.88. The van der Waals surface area contributed by atoms with E-state index < -0.39 is 17.9 Å². The highest BCUT2D eigenvalue weighted by Crippen LogP contribution is 1.59. The molecule has 0 bridgehead atoms. The molecule has 0 saturated carbocycles. The number of rotatable bonds is 0. The minimum atomic E-state index is -1.99. The summed E-state index contributed by atoms with van der Waals surface area (Å²) in [4.78, 5) is 29.1. The first-order valence-electron chi connectivity index (χ1n) is 1.86. The van der Waals surface area contributed by atoms with Gasteiger partial charge in [0, 0.05) is 0 Å². The number of imide groups is 1. The van der Waals surface area contributed by atoms with Gasteiger partial charge in [0.15, 0.2) is 0 Å². The Morgan fingerprint density at radius 2 is 1.78 bits per heavy atom. The number of aliphatic carboxylic acids is 1. The number of nitrogens with two attached hydrogens (primary N) is 1. The Morgan fingerprint density at radius 1 is 1.33 bits per heavy atom. The van der Waals surface area contributed by atoms with Crippen molar-refractivity contribution >= 4 is 17.9 Å². The first kappa shape index (κ1) is 7.41. The zero-order valence-electron chi connectivity index (χ0n) is 4.21. The van der Waals surface area contributed by atoms with Crippen LogP contribution in [-0.2, 0) is 9.59 Å². The van der Waals surface area contributed by atoms with Crippen LogP contribution in [0.4, 0.5) is 4.79 Å². The SMILES string of the molecule is NC(=O)NC(=O)C(=O)[O-]. The Bertz CT molecular complexity index is 163. The van der Waals surface area contributed by atoms with Gasteiger partial charge < -0.3 is 15.6 Å². The second kappa shape index (κ2) is 2.65. The van der Waals surface area contributed by atoms with Gasteiger partial charge in [-0.1, -0.05) is 0 Å². The van der Waals surface area contributed by atoms with Crippen LogP contribution in [0.2, 0.25) is 0 Å². The molecule has 9 heavy (non-hydrogen) atoms. The van der Waals surface area contributed by atoms with Crippen molar-refractivity contribution in [2.75, 3.05) is 0 Å². The van der Waals surface area contributed by atoms with Crippen molar-refractivity contribution < 1.29 is 19.5 Å². The first-order valence-corrected chi connectivity index (χ1v) is 1.86. The molecule has 6 heteroatoms. The van der Waals surface area contributed by atoms with Crippen molar-refractivity contribution in [3.05, 3.63) is 0 Å². The number of carbonyl (C=O) groups is 3. The first-order chi connectivity index (χ1) is 4.04. The van der Waals surface area contributed by atoms with Gasteiger partial charge in [0.2, 0.25) is 0 Å². The second-order valence-corrected chi connectivity index (χ2v) is 1.11. The summed E-state index contributed by atoms with van der Waals surface area (Å²) < 4.78 is 0. The number of hydrogen-bond donors (Lipinski definition) is 2. The highest BCUT2D eigenvalue weighted by molar-refractivity contribution is 6.33. The van der Waals surface area contributed by atoms with E-state index >= 15 is 0 Å². The normalized spacial score (nSPS) is 8.00. The molecule has 0 aliphatic heterocycles. The molecule has 0 aromatic carbocycles. The standard InChI is InChI=1S/C3H4N2O4/c4-3(9)5-1(6)2(7)8/h(H,7,8)(H3,4,5,6,9)/p-1. The molecule has 6 nitrogen and oxygen atoms in total. The molecule has 0 atom stereocenters. The third-order valence-electron chi connectivity index (χ3n) is 0.422. The minimum Gasteiger partial charge on any atom is -0.540 e. The van der Waals surface area contributed by atoms with Gasteiger partial charge in [0.05, 0.1) is 0 Å². The predicted octanol–water partition coefficient (Wildman–Crippen LogP) is -3.07. The quantitative estimate of drug-likeness (QED) is 0.339. The van der Waals surface area contributed by atoms with Crippen molar-refractivity contribution in [1.82, 2.24) is 5.32 Å². The molecule has 0 fully saturated rings. The van der Waals surface area contributed by atoms with E-state index in [9.17, 15) is 19.5 Å². The van der Waals surface area contributed by atoms with Gasteiger partial charge in [0.25, 0.3) is 5.91 Å². The molecule has 50 valence electrons. The molecule has 0 radical (unpaired) electrons. The van der Waals surface area contributed by atoms with Crippen LogP contribution < -0.4 is 16.2 Å². The molecule has 0 saturated heterocycles. The lowest BCUT2D eigenvalue weighted by molar-refractivity contribution is -0.300. The number of carboxylic acid groups (broad SMARTS) is 1. The van der Waals surface area contributed by atoms with Crippen molar-refractivity contribution in [3.63, 3.8) is 0 Å². The van der Waals surface area contributed by atoms with Crippen LogP contribution in [0.1, 0.15) is 0 Å². The minimum absolute atomic E-state index is 1.22. The molecule has 0 aliphatic rings. The molecule has 3 amide bonds. The molecule has 0 unspecified atom stereocenters. The number of amides is 3. The van der Waals surface area contributed by atoms with E-state index in [4.69, 9.17) is 0 Å². The Hall–Kier alpha value is -1.59. The van der Waals surface area contributed by atoms with Gasteiger partial charge in [-0.25, -0.2) is 4.79 Å². The van der Waals surface area contributed by atoms with Crippen molar-refractivity contribution in [3.8, 4) is 0 Å². The van der Waals surface area contributed by atoms with Crippen LogP contribution in [-0.4, -0.2) is 17.9 Å². The second-order valence-electron chi connectivity index (χ2n) is 1.11. The molecule has 0 spiro atoms. The number of hydrogen-bond acceptors (Lipinski definition) is 4. The molecule has 3 N–H and O–H groups in total. The van der Waals surface area contributed by atoms with Crippen LogP contribution in [0, 0.1) is 0 Å². The molecular weight excluding hydrogens is 128 g/mol. The fourth-order valence-electron chi connectivity index (χ4n) is 0.163. The fraction of sp³-hybridized carbons (Fsp3) is 0. The monoisotopic (exact) mass is 131 g/mol. The van der Waals surface area contributed by atoms with Crippen molar-refractivity contribution in [1.29, 1.82) is 0 Å². The molecule has 0 aromatic heterocycles. The third-order valence-corrected chi connectivity index (χ3v) is 0.422. The van der Waals surface area contributed by atoms with E-state index in [1.54, 1.807) is 0 Å². The predicted molar refractivity (Wildman–Crippen MR) is 22.7 cm³/mol. The van der Waals surface area contributed by atoms with Gasteiger partial charge >= 0.3 is 6.03 Å². The molecule has 0 aromatic rings. The van der Waals surface area contributed by atoms with E-state index in [0.717, 1.165) is 0 Å². The van der Waals surface area contributed by atoms with Crippen LogP contribution in [0.25, 0.3) is 0 Å². The molecular formula is C3H3N2O4-. The van der Waals surface area contributed by atoms with Crippen LogP contribution >= 0.6 is 0 Å². The van der Waals surface area contributed by atoms with E-state index in [0.29, 0.717) is 0 Å². The molecule has 0 rings (SSSR count). The van der Waals surface area contributed by atoms with E-state index in [2.05, 4.69) is 5.73 Å². The number of nitrogens with one attached hydrogen (secondary N) is 1. The van der Waals surface area contributed by atoms with Gasteiger partial charge in [-0.15, -0.1) is 0 Å². The van der Waals surface area contributed by atoms with Gasteiger partial charge in [-0.2, -0.15) is 0 Å². The topological polar surface area (TPSA) is 112 Å². The number of carboxylic acids is 1. The van der Waals surface area contributed by atoms with E-state index in [1.807, 2.05) is 0 Å². The average Bonchev–Trinajstić information content (AvgIpc) is 1.63. The maximum absolute atomic E-state index is 9.88. The Kier molecular flexibility index (Phi) is 2.18. The van der Waals surface area contributed by atoms with E-state index in [-0.39, 0.29) is 0 Å². The zero-order chi connectivity index (χ0) is 7.44. The van der Waals surface area contributed by atoms with Crippen LogP contribution in [0.3, 0.4) is 0 Å². The summed E-state index contributed by atoms with van der Waals surface area (Å²) in [5.74, 6) is -3.53. The Balaban J connectivity index is 3.79. The summed E-state index contributed by atoms with van der Waals surface area (Å²) in [6.45, 7) is 0. The van der Waals surface area contributed by atoms with Crippen LogP contribution in [0.15, 0.2) is 0 Å². The van der Waals surface area contributed by atoms with Gasteiger partial charge in [-0.05, 0) is 0 Å². The summed E-state index contributed by atoms with van der Waals surface area (Å²) in [5, 5.41) is 10.8. The lowest BCUT2D eigenvalue weighted by Crippen LogP contribution is -2.45. The highest BCUT2D eigenvalue weighted by Gasteiger charge is 2.02. The maximum Gasteiger partial charge on any atom is 0.319 e. The summed E-state index contributed by atoms with van der Waals surface area (Å²) in [6.07, 6.45) is 0. The lowest BCUT2D eigenvalue weighted by Gasteiger charge is -1.98. The molecule has 0 heterocycles. The number of carbonyl (C=O) groups excluding carboxylic acids is 3. The summed E-state index contributed by atoms with van der Waals surface area (Å²) in [7, 11) is 0.